The van der Waals surface area contributed by atoms with E-state index in [1.165, 1.54) is 54.2 Å². The first-order valence-electron chi connectivity index (χ1n) is 15.6. The molecule has 0 amide bonds. The van der Waals surface area contributed by atoms with Crippen molar-refractivity contribution in [1.29, 1.82) is 0 Å². The molecule has 0 aliphatic rings. The third-order valence-corrected chi connectivity index (χ3v) is 9.89. The van der Waals surface area contributed by atoms with Gasteiger partial charge in [0.05, 0.1) is 0 Å². The maximum Gasteiger partial charge on any atom is 0.166 e. The summed E-state index contributed by atoms with van der Waals surface area (Å²) >= 11 is 0. The Morgan fingerprint density at radius 2 is 0.609 bits per heavy atom. The van der Waals surface area contributed by atoms with Crippen molar-refractivity contribution < 1.29 is 10.2 Å². The van der Waals surface area contributed by atoms with Crippen LogP contribution in [0.15, 0.2) is 146 Å². The van der Waals surface area contributed by atoms with Crippen LogP contribution in [0.1, 0.15) is 0 Å². The van der Waals surface area contributed by atoms with Crippen LogP contribution in [0.2, 0.25) is 0 Å². The summed E-state index contributed by atoms with van der Waals surface area (Å²) in [5.74, 6) is -0.0798. The van der Waals surface area contributed by atoms with E-state index in [-0.39, 0.29) is 11.5 Å². The molecule has 0 spiro atoms. The molecule has 46 heavy (non-hydrogen) atoms. The Balaban J connectivity index is 1.06. The minimum Gasteiger partial charge on any atom is -0.504 e. The lowest BCUT2D eigenvalue weighted by Gasteiger charge is -2.17. The molecule has 0 radical (unpaired) electrons. The van der Waals surface area contributed by atoms with Gasteiger partial charge in [-0.2, -0.15) is 0 Å². The van der Waals surface area contributed by atoms with E-state index in [2.05, 4.69) is 121 Å². The van der Waals surface area contributed by atoms with Crippen molar-refractivity contribution in [2.75, 3.05) is 0 Å². The van der Waals surface area contributed by atoms with Crippen molar-refractivity contribution in [2.45, 2.75) is 0 Å². The average molecular weight is 587 g/mol. The molecule has 11 aromatic carbocycles. The number of benzene rings is 11. The number of aromatic hydroxyl groups is 2. The van der Waals surface area contributed by atoms with Crippen LogP contribution in [0.4, 0.5) is 0 Å². The quantitative estimate of drug-likeness (QED) is 0.156. The van der Waals surface area contributed by atoms with Gasteiger partial charge in [-0.05, 0) is 135 Å². The molecule has 0 unspecified atom stereocenters. The molecule has 2 nitrogen and oxygen atoms in total. The summed E-state index contributed by atoms with van der Waals surface area (Å²) < 4.78 is 0. The van der Waals surface area contributed by atoms with Crippen molar-refractivity contribution in [1.82, 2.24) is 0 Å². The number of phenolic OH excluding ortho intramolecular Hbond substituents is 2. The molecule has 0 heterocycles. The molecule has 2 heteroatoms. The fraction of sp³-hybridized carbons (Fsp3) is 0. The summed E-state index contributed by atoms with van der Waals surface area (Å²) in [7, 11) is 0. The van der Waals surface area contributed by atoms with Gasteiger partial charge in [0.15, 0.2) is 11.5 Å². The van der Waals surface area contributed by atoms with Gasteiger partial charge in [-0.3, -0.25) is 0 Å². The standard InChI is InChI=1S/C44H26O2/c45-43-41-37-7-3-4-8-38(37)42(44(43)46)40-24-33(15-16-39(40)41)29-11-14-32-22-35-20-28(10-13-31(35)23-36(32)21-29)27-9-12-30-17-25-5-1-2-6-26(25)18-34(30)19-27/h1-24,45-46H. The van der Waals surface area contributed by atoms with Crippen molar-refractivity contribution in [3.05, 3.63) is 146 Å². The highest BCUT2D eigenvalue weighted by Crippen LogP contribution is 2.50. The van der Waals surface area contributed by atoms with Crippen LogP contribution >= 0.6 is 0 Å². The summed E-state index contributed by atoms with van der Waals surface area (Å²) in [4.78, 5) is 0. The minimum atomic E-state index is -0.0418. The Hall–Kier alpha value is -6.12. The first-order valence-corrected chi connectivity index (χ1v) is 15.6. The highest BCUT2D eigenvalue weighted by atomic mass is 16.3. The van der Waals surface area contributed by atoms with Crippen molar-refractivity contribution >= 4 is 75.4 Å². The van der Waals surface area contributed by atoms with Crippen molar-refractivity contribution in [3.63, 3.8) is 0 Å². The Morgan fingerprint density at radius 3 is 1.11 bits per heavy atom. The van der Waals surface area contributed by atoms with Crippen LogP contribution in [-0.4, -0.2) is 10.2 Å². The van der Waals surface area contributed by atoms with E-state index in [0.29, 0.717) is 10.8 Å². The summed E-state index contributed by atoms with van der Waals surface area (Å²) in [6.07, 6.45) is 0. The Kier molecular flexibility index (Phi) is 5.05. The van der Waals surface area contributed by atoms with Crippen LogP contribution in [0.3, 0.4) is 0 Å². The van der Waals surface area contributed by atoms with Gasteiger partial charge in [0, 0.05) is 10.8 Å². The fourth-order valence-electron chi connectivity index (χ4n) is 7.58. The molecule has 11 aromatic rings. The van der Waals surface area contributed by atoms with Crippen molar-refractivity contribution in [3.8, 4) is 33.8 Å². The zero-order valence-electron chi connectivity index (χ0n) is 24.8. The largest absolute Gasteiger partial charge is 0.504 e. The highest BCUT2D eigenvalue weighted by Gasteiger charge is 2.21. The number of hydrogen-bond acceptors (Lipinski definition) is 2. The molecule has 0 aromatic heterocycles. The lowest BCUT2D eigenvalue weighted by atomic mass is 9.88. The molecule has 214 valence electrons. The Bertz CT molecular complexity index is 2880. The number of hydrogen-bond donors (Lipinski definition) is 2. The van der Waals surface area contributed by atoms with Gasteiger partial charge in [0.25, 0.3) is 0 Å². The van der Waals surface area contributed by atoms with Gasteiger partial charge in [0.2, 0.25) is 0 Å². The van der Waals surface area contributed by atoms with Gasteiger partial charge < -0.3 is 10.2 Å². The Labute approximate surface area is 264 Å². The van der Waals surface area contributed by atoms with Gasteiger partial charge in [-0.15, -0.1) is 0 Å². The zero-order chi connectivity index (χ0) is 30.5. The average Bonchev–Trinajstić information content (AvgIpc) is 3.10. The molecular weight excluding hydrogens is 560 g/mol. The smallest absolute Gasteiger partial charge is 0.166 e. The molecule has 11 rings (SSSR count). The van der Waals surface area contributed by atoms with Crippen molar-refractivity contribution in [2.24, 2.45) is 0 Å². The Morgan fingerprint density at radius 1 is 0.261 bits per heavy atom. The molecule has 2 N–H and O–H groups in total. The van der Waals surface area contributed by atoms with Crippen LogP contribution in [0.25, 0.3) is 97.7 Å². The van der Waals surface area contributed by atoms with E-state index in [1.54, 1.807) is 0 Å². The van der Waals surface area contributed by atoms with Crippen LogP contribution in [0.5, 0.6) is 11.5 Å². The van der Waals surface area contributed by atoms with Gasteiger partial charge in [-0.1, -0.05) is 97.1 Å². The second-order valence-corrected chi connectivity index (χ2v) is 12.5. The summed E-state index contributed by atoms with van der Waals surface area (Å²) in [6, 6.07) is 52.0. The maximum atomic E-state index is 10.9. The maximum absolute atomic E-state index is 10.9. The van der Waals surface area contributed by atoms with Crippen LogP contribution in [0, 0.1) is 0 Å². The SMILES string of the molecule is Oc1c(O)c2c3ccccc3c1c1ccc(-c3ccc4cc5cc(-c6ccc7cc8ccccc8cc7c6)ccc5cc4c3)cc12. The molecule has 0 atom stereocenters. The van der Waals surface area contributed by atoms with E-state index in [4.69, 9.17) is 0 Å². The number of fused-ring (bicyclic) bond motifs is 5. The summed E-state index contributed by atoms with van der Waals surface area (Å²) in [5.41, 5.74) is 4.62. The first kappa shape index (κ1) is 25.2. The van der Waals surface area contributed by atoms with Gasteiger partial charge in [-0.25, -0.2) is 0 Å². The second kappa shape index (κ2) is 9.20. The van der Waals surface area contributed by atoms with Gasteiger partial charge in [0.1, 0.15) is 0 Å². The van der Waals surface area contributed by atoms with E-state index < -0.39 is 0 Å². The van der Waals surface area contributed by atoms with Gasteiger partial charge >= 0.3 is 0 Å². The van der Waals surface area contributed by atoms with E-state index in [1.807, 2.05) is 24.3 Å². The predicted octanol–water partition coefficient (Wildman–Crippen LogP) is 11.9. The van der Waals surface area contributed by atoms with Crippen LogP contribution < -0.4 is 0 Å². The molecule has 0 saturated heterocycles. The molecule has 0 fully saturated rings. The zero-order valence-corrected chi connectivity index (χ0v) is 24.8. The summed E-state index contributed by atoms with van der Waals surface area (Å²) in [6.45, 7) is 0. The highest BCUT2D eigenvalue weighted by molar-refractivity contribution is 6.32. The third-order valence-electron chi connectivity index (χ3n) is 9.89. The number of phenols is 4. The lowest BCUT2D eigenvalue weighted by Crippen LogP contribution is -1.89. The monoisotopic (exact) mass is 586 g/mol. The van der Waals surface area contributed by atoms with E-state index in [0.717, 1.165) is 32.7 Å². The minimum absolute atomic E-state index is 0.0380. The second-order valence-electron chi connectivity index (χ2n) is 12.5. The lowest BCUT2D eigenvalue weighted by molar-refractivity contribution is 0.412. The summed E-state index contributed by atoms with van der Waals surface area (Å²) in [5, 5.41) is 36.8. The molecule has 2 bridgehead atoms. The molecular formula is C44H26O2. The third kappa shape index (κ3) is 3.59. The van der Waals surface area contributed by atoms with Crippen LogP contribution in [-0.2, 0) is 0 Å². The molecule has 0 aliphatic heterocycles. The topological polar surface area (TPSA) is 40.5 Å². The predicted molar refractivity (Wildman–Crippen MR) is 194 cm³/mol. The fourth-order valence-corrected chi connectivity index (χ4v) is 7.58. The van der Waals surface area contributed by atoms with E-state index >= 15 is 0 Å². The normalized spacial score (nSPS) is 12.1. The molecule has 0 saturated carbocycles. The first-order chi connectivity index (χ1) is 22.6. The number of rotatable bonds is 2. The van der Waals surface area contributed by atoms with E-state index in [9.17, 15) is 10.2 Å². The molecule has 0 aliphatic carbocycles.